The summed E-state index contributed by atoms with van der Waals surface area (Å²) in [4.78, 5) is 30.7. The van der Waals surface area contributed by atoms with Gasteiger partial charge in [0.1, 0.15) is 0 Å². The Morgan fingerprint density at radius 2 is 1.21 bits per heavy atom. The molecule has 2 N–H and O–H groups in total. The molecule has 1 fully saturated rings. The van der Waals surface area contributed by atoms with Gasteiger partial charge in [0.2, 0.25) is 0 Å². The maximum atomic E-state index is 10.3. The molecule has 1 saturated heterocycles. The Morgan fingerprint density at radius 3 is 1.50 bits per heavy atom. The molecule has 1 aliphatic heterocycles. The van der Waals surface area contributed by atoms with Crippen LogP contribution in [0.15, 0.2) is 0 Å². The van der Waals surface area contributed by atoms with Gasteiger partial charge in [-0.25, -0.2) is 0 Å². The predicted molar refractivity (Wildman–Crippen MR) is 91.6 cm³/mol. The van der Waals surface area contributed by atoms with E-state index in [2.05, 4.69) is 6.92 Å². The largest absolute Gasteiger partial charge is 0.481 e. The summed E-state index contributed by atoms with van der Waals surface area (Å²) in [5, 5.41) is 17.0. The molecule has 0 radical (unpaired) electrons. The van der Waals surface area contributed by atoms with Gasteiger partial charge in [0, 0.05) is 19.3 Å². The van der Waals surface area contributed by atoms with Crippen LogP contribution in [-0.2, 0) is 14.4 Å². The molecule has 1 rings (SSSR count). The Balaban J connectivity index is 0.000000546. The molecule has 0 aliphatic carbocycles. The average Bonchev–Trinajstić information content (AvgIpc) is 2.84. The van der Waals surface area contributed by atoms with Gasteiger partial charge in [-0.05, 0) is 6.42 Å². The number of carboxylic acid groups (broad SMARTS) is 1. The van der Waals surface area contributed by atoms with Crippen molar-refractivity contribution in [2.24, 2.45) is 0 Å². The van der Waals surface area contributed by atoms with Crippen molar-refractivity contribution in [2.45, 2.75) is 96.8 Å². The van der Waals surface area contributed by atoms with Crippen LogP contribution >= 0.6 is 0 Å². The minimum Gasteiger partial charge on any atom is -0.481 e. The van der Waals surface area contributed by atoms with E-state index < -0.39 is 17.8 Å². The number of nitrogens with zero attached hydrogens (tertiary/aromatic N) is 1. The summed E-state index contributed by atoms with van der Waals surface area (Å²) in [6, 6.07) is 0. The first-order chi connectivity index (χ1) is 11.5. The minimum atomic E-state index is -0.657. The molecule has 1 aliphatic rings. The van der Waals surface area contributed by atoms with Crippen molar-refractivity contribution in [3.05, 3.63) is 0 Å². The average molecular weight is 343 g/mol. The van der Waals surface area contributed by atoms with Crippen molar-refractivity contribution in [1.82, 2.24) is 5.06 Å². The summed E-state index contributed by atoms with van der Waals surface area (Å²) < 4.78 is 0. The van der Waals surface area contributed by atoms with E-state index in [9.17, 15) is 14.4 Å². The molecule has 0 atom stereocenters. The van der Waals surface area contributed by atoms with Crippen molar-refractivity contribution in [3.63, 3.8) is 0 Å². The van der Waals surface area contributed by atoms with E-state index in [4.69, 9.17) is 10.3 Å². The number of hydrogen-bond acceptors (Lipinski definition) is 4. The third-order valence-electron chi connectivity index (χ3n) is 4.02. The van der Waals surface area contributed by atoms with Crippen LogP contribution in [0.2, 0.25) is 0 Å². The van der Waals surface area contributed by atoms with E-state index in [-0.39, 0.29) is 17.9 Å². The van der Waals surface area contributed by atoms with Crippen LogP contribution in [0.25, 0.3) is 0 Å². The quantitative estimate of drug-likeness (QED) is 0.313. The monoisotopic (exact) mass is 343 g/mol. The molecule has 0 aromatic rings. The summed E-state index contributed by atoms with van der Waals surface area (Å²) in [6.07, 6.45) is 14.7. The maximum absolute atomic E-state index is 10.3. The third kappa shape index (κ3) is 13.0. The summed E-state index contributed by atoms with van der Waals surface area (Å²) >= 11 is 0. The number of hydroxylamine groups is 2. The van der Waals surface area contributed by atoms with Crippen LogP contribution in [0.1, 0.15) is 96.8 Å². The van der Waals surface area contributed by atoms with E-state index in [0.29, 0.717) is 6.42 Å². The first-order valence-corrected chi connectivity index (χ1v) is 9.25. The summed E-state index contributed by atoms with van der Waals surface area (Å²) in [6.45, 7) is 2.25. The summed E-state index contributed by atoms with van der Waals surface area (Å²) in [5.74, 6) is -1.67. The number of amides is 2. The molecule has 6 nitrogen and oxygen atoms in total. The lowest BCUT2D eigenvalue weighted by Gasteiger charge is -2.01. The van der Waals surface area contributed by atoms with Crippen LogP contribution < -0.4 is 0 Å². The second kappa shape index (κ2) is 15.1. The first-order valence-electron chi connectivity index (χ1n) is 9.25. The van der Waals surface area contributed by atoms with E-state index in [1.807, 2.05) is 0 Å². The molecule has 2 amide bonds. The Kier molecular flexibility index (Phi) is 14.2. The molecule has 24 heavy (non-hydrogen) atoms. The topological polar surface area (TPSA) is 94.9 Å². The number of unbranched alkanes of at least 4 members (excludes halogenated alkanes) is 10. The SMILES string of the molecule is CCCCCCCCCCCCCC(=O)O.O=C1CCC(=O)N1O. The lowest BCUT2D eigenvalue weighted by atomic mass is 10.1. The molecule has 0 saturated carbocycles. The van der Waals surface area contributed by atoms with Crippen molar-refractivity contribution in [3.8, 4) is 0 Å². The smallest absolute Gasteiger partial charge is 0.303 e. The zero-order chi connectivity index (χ0) is 18.2. The summed E-state index contributed by atoms with van der Waals surface area (Å²) in [7, 11) is 0. The second-order valence-electron chi connectivity index (χ2n) is 6.28. The molecule has 6 heteroatoms. The molecule has 0 aromatic heterocycles. The van der Waals surface area contributed by atoms with Gasteiger partial charge >= 0.3 is 5.97 Å². The Hall–Kier alpha value is -1.43. The normalized spacial score (nSPS) is 13.8. The number of rotatable bonds is 12. The van der Waals surface area contributed by atoms with Crippen molar-refractivity contribution < 1.29 is 24.7 Å². The fraction of sp³-hybridized carbons (Fsp3) is 0.833. The standard InChI is InChI=1S/C14H28O2.C4H5NO3/c1-2-3-4-5-6-7-8-9-10-11-12-13-14(15)16;6-3-1-2-4(7)5(3)8/h2-13H2,1H3,(H,15,16);8H,1-2H2. The van der Waals surface area contributed by atoms with E-state index in [1.165, 1.54) is 57.8 Å². The number of hydrogen-bond donors (Lipinski definition) is 2. The van der Waals surface area contributed by atoms with Crippen LogP contribution in [-0.4, -0.2) is 33.2 Å². The Bertz CT molecular complexity index is 354. The van der Waals surface area contributed by atoms with Gasteiger partial charge < -0.3 is 5.11 Å². The highest BCUT2D eigenvalue weighted by Gasteiger charge is 2.26. The number of aliphatic carboxylic acids is 1. The number of carboxylic acids is 1. The van der Waals surface area contributed by atoms with E-state index in [1.54, 1.807) is 0 Å². The van der Waals surface area contributed by atoms with E-state index >= 15 is 0 Å². The second-order valence-corrected chi connectivity index (χ2v) is 6.28. The number of imide groups is 1. The molecule has 140 valence electrons. The molecular weight excluding hydrogens is 310 g/mol. The lowest BCUT2D eigenvalue weighted by Crippen LogP contribution is -2.24. The molecule has 0 aromatic carbocycles. The molecule has 0 unspecified atom stereocenters. The molecule has 1 heterocycles. The van der Waals surface area contributed by atoms with Crippen molar-refractivity contribution >= 4 is 17.8 Å². The molecule has 0 spiro atoms. The predicted octanol–water partition coefficient (Wildman–Crippen LogP) is 4.30. The van der Waals surface area contributed by atoms with E-state index in [0.717, 1.165) is 12.8 Å². The van der Waals surface area contributed by atoms with Gasteiger partial charge in [-0.2, -0.15) is 5.06 Å². The van der Waals surface area contributed by atoms with Crippen LogP contribution in [0.5, 0.6) is 0 Å². The van der Waals surface area contributed by atoms with Gasteiger partial charge in [-0.15, -0.1) is 0 Å². The third-order valence-corrected chi connectivity index (χ3v) is 4.02. The minimum absolute atomic E-state index is 0.148. The van der Waals surface area contributed by atoms with Gasteiger partial charge in [0.25, 0.3) is 11.8 Å². The summed E-state index contributed by atoms with van der Waals surface area (Å²) in [5.41, 5.74) is 0. The Labute approximate surface area is 145 Å². The number of carbonyl (C=O) groups is 3. The van der Waals surface area contributed by atoms with Crippen molar-refractivity contribution in [2.75, 3.05) is 0 Å². The highest BCUT2D eigenvalue weighted by molar-refractivity contribution is 6.00. The highest BCUT2D eigenvalue weighted by atomic mass is 16.5. The van der Waals surface area contributed by atoms with Crippen LogP contribution in [0, 0.1) is 0 Å². The van der Waals surface area contributed by atoms with Crippen LogP contribution in [0.3, 0.4) is 0 Å². The molecule has 0 bridgehead atoms. The zero-order valence-electron chi connectivity index (χ0n) is 15.0. The first kappa shape index (κ1) is 22.6. The van der Waals surface area contributed by atoms with Gasteiger partial charge in [-0.3, -0.25) is 19.6 Å². The highest BCUT2D eigenvalue weighted by Crippen LogP contribution is 2.11. The Morgan fingerprint density at radius 1 is 0.833 bits per heavy atom. The molecular formula is C18H33NO5. The lowest BCUT2D eigenvalue weighted by molar-refractivity contribution is -0.171. The van der Waals surface area contributed by atoms with Crippen LogP contribution in [0.4, 0.5) is 0 Å². The van der Waals surface area contributed by atoms with Gasteiger partial charge in [-0.1, -0.05) is 71.1 Å². The fourth-order valence-corrected chi connectivity index (χ4v) is 2.51. The fourth-order valence-electron chi connectivity index (χ4n) is 2.51. The number of carbonyl (C=O) groups excluding carboxylic acids is 2. The van der Waals surface area contributed by atoms with Gasteiger partial charge in [0.15, 0.2) is 0 Å². The zero-order valence-corrected chi connectivity index (χ0v) is 15.0. The maximum Gasteiger partial charge on any atom is 0.303 e. The van der Waals surface area contributed by atoms with Gasteiger partial charge in [0.05, 0.1) is 0 Å². The van der Waals surface area contributed by atoms with Crippen molar-refractivity contribution in [1.29, 1.82) is 0 Å².